The van der Waals surface area contributed by atoms with Crippen molar-refractivity contribution in [3.05, 3.63) is 62.6 Å². The third kappa shape index (κ3) is 6.55. The van der Waals surface area contributed by atoms with Gasteiger partial charge in [-0.3, -0.25) is 4.79 Å². The van der Waals surface area contributed by atoms with E-state index in [1.165, 1.54) is 22.5 Å². The number of sulfonamides is 1. The first-order chi connectivity index (χ1) is 15.2. The molecule has 10 heteroatoms. The van der Waals surface area contributed by atoms with Crippen LogP contribution in [0.2, 0.25) is 15.1 Å². The number of nitrogens with zero attached hydrogens (tertiary/aromatic N) is 1. The highest BCUT2D eigenvalue weighted by atomic mass is 35.5. The van der Waals surface area contributed by atoms with E-state index in [0.29, 0.717) is 41.4 Å². The maximum absolute atomic E-state index is 13.0. The Morgan fingerprint density at radius 3 is 2.44 bits per heavy atom. The smallest absolute Gasteiger partial charge is 0.252 e. The Bertz CT molecular complexity index is 1070. The number of piperidine rings is 1. The molecular weight excluding hydrogens is 511 g/mol. The lowest BCUT2D eigenvalue weighted by Crippen LogP contribution is -2.38. The van der Waals surface area contributed by atoms with Crippen LogP contribution in [0.3, 0.4) is 0 Å². The number of rotatable bonds is 8. The lowest BCUT2D eigenvalue weighted by molar-refractivity contribution is 0.0956. The molecule has 1 fully saturated rings. The molecule has 0 saturated carbocycles. The van der Waals surface area contributed by atoms with E-state index in [1.807, 2.05) is 12.1 Å². The zero-order valence-electron chi connectivity index (χ0n) is 17.6. The van der Waals surface area contributed by atoms with E-state index in [0.717, 1.165) is 24.2 Å². The maximum Gasteiger partial charge on any atom is 0.252 e. The molecule has 1 aliphatic heterocycles. The van der Waals surface area contributed by atoms with Crippen LogP contribution >= 0.6 is 46.6 Å². The van der Waals surface area contributed by atoms with Gasteiger partial charge in [-0.05, 0) is 54.7 Å². The second kappa shape index (κ2) is 11.4. The van der Waals surface area contributed by atoms with Crippen molar-refractivity contribution in [2.75, 3.05) is 25.4 Å². The minimum absolute atomic E-state index is 0.0931. The van der Waals surface area contributed by atoms with Gasteiger partial charge < -0.3 is 5.32 Å². The Hall–Kier alpha value is -0.960. The van der Waals surface area contributed by atoms with Crippen molar-refractivity contribution in [1.29, 1.82) is 0 Å². The molecule has 1 amide bonds. The van der Waals surface area contributed by atoms with E-state index in [9.17, 15) is 13.2 Å². The maximum atomic E-state index is 13.0. The predicted octanol–water partition coefficient (Wildman–Crippen LogP) is 5.73. The van der Waals surface area contributed by atoms with Crippen LogP contribution in [0.15, 0.2) is 41.3 Å². The van der Waals surface area contributed by atoms with Crippen LogP contribution in [0.25, 0.3) is 0 Å². The summed E-state index contributed by atoms with van der Waals surface area (Å²) >= 11 is 19.8. The van der Waals surface area contributed by atoms with Crippen LogP contribution in [0.1, 0.15) is 35.7 Å². The van der Waals surface area contributed by atoms with Gasteiger partial charge in [-0.1, -0.05) is 47.8 Å². The molecule has 1 saturated heterocycles. The SMILES string of the molecule is CC1CCN(S(=O)(=O)c2ccc(Cl)c(C(=O)NCCSCc3ccc(Cl)c(Cl)c3)c2)CC1. The van der Waals surface area contributed by atoms with Crippen LogP contribution in [-0.4, -0.2) is 44.0 Å². The van der Waals surface area contributed by atoms with Crippen LogP contribution in [0, 0.1) is 5.92 Å². The molecule has 174 valence electrons. The van der Waals surface area contributed by atoms with E-state index in [1.54, 1.807) is 17.8 Å². The van der Waals surface area contributed by atoms with Crippen molar-refractivity contribution >= 4 is 62.5 Å². The third-order valence-corrected chi connectivity index (χ3v) is 9.34. The average molecular weight is 536 g/mol. The highest BCUT2D eigenvalue weighted by Gasteiger charge is 2.29. The number of hydrogen-bond acceptors (Lipinski definition) is 4. The first kappa shape index (κ1) is 25.7. The molecule has 1 heterocycles. The molecule has 5 nitrogen and oxygen atoms in total. The number of benzene rings is 2. The number of halogens is 3. The normalized spacial score (nSPS) is 15.6. The van der Waals surface area contributed by atoms with Crippen LogP contribution in [0.5, 0.6) is 0 Å². The van der Waals surface area contributed by atoms with Crippen molar-refractivity contribution in [3.63, 3.8) is 0 Å². The summed E-state index contributed by atoms with van der Waals surface area (Å²) in [4.78, 5) is 12.7. The third-order valence-electron chi connectivity index (χ3n) is 5.35. The van der Waals surface area contributed by atoms with Gasteiger partial charge in [-0.25, -0.2) is 8.42 Å². The Kier molecular flexibility index (Phi) is 9.18. The van der Waals surface area contributed by atoms with Gasteiger partial charge in [-0.15, -0.1) is 0 Å². The number of nitrogens with one attached hydrogen (secondary N) is 1. The molecule has 0 aromatic heterocycles. The van der Waals surface area contributed by atoms with Gasteiger partial charge in [-0.2, -0.15) is 16.1 Å². The molecule has 0 spiro atoms. The fraction of sp³-hybridized carbons (Fsp3) is 0.409. The first-order valence-electron chi connectivity index (χ1n) is 10.3. The predicted molar refractivity (Wildman–Crippen MR) is 134 cm³/mol. The molecule has 0 radical (unpaired) electrons. The van der Waals surface area contributed by atoms with Gasteiger partial charge >= 0.3 is 0 Å². The number of amides is 1. The lowest BCUT2D eigenvalue weighted by Gasteiger charge is -2.29. The van der Waals surface area contributed by atoms with Gasteiger partial charge in [0, 0.05) is 31.1 Å². The summed E-state index contributed by atoms with van der Waals surface area (Å²) in [5.74, 6) is 1.53. The van der Waals surface area contributed by atoms with E-state index < -0.39 is 15.9 Å². The fourth-order valence-electron chi connectivity index (χ4n) is 3.36. The first-order valence-corrected chi connectivity index (χ1v) is 14.0. The second-order valence-corrected chi connectivity index (χ2v) is 12.0. The number of carbonyl (C=O) groups is 1. The van der Waals surface area contributed by atoms with Crippen LogP contribution < -0.4 is 5.32 Å². The summed E-state index contributed by atoms with van der Waals surface area (Å²) in [6, 6.07) is 9.79. The largest absolute Gasteiger partial charge is 0.351 e. The summed E-state index contributed by atoms with van der Waals surface area (Å²) in [6.45, 7) is 3.52. The van der Waals surface area contributed by atoms with Crippen molar-refractivity contribution in [1.82, 2.24) is 9.62 Å². The summed E-state index contributed by atoms with van der Waals surface area (Å²) in [6.07, 6.45) is 1.67. The summed E-state index contributed by atoms with van der Waals surface area (Å²) in [5.41, 5.74) is 1.20. The lowest BCUT2D eigenvalue weighted by atomic mass is 10.0. The Labute approximate surface area is 208 Å². The molecule has 0 bridgehead atoms. The van der Waals surface area contributed by atoms with Crippen molar-refractivity contribution < 1.29 is 13.2 Å². The zero-order valence-corrected chi connectivity index (χ0v) is 21.5. The van der Waals surface area contributed by atoms with Crippen LogP contribution in [-0.2, 0) is 15.8 Å². The van der Waals surface area contributed by atoms with Gasteiger partial charge in [0.25, 0.3) is 5.91 Å². The molecule has 32 heavy (non-hydrogen) atoms. The van der Waals surface area contributed by atoms with Crippen LogP contribution in [0.4, 0.5) is 0 Å². The van der Waals surface area contributed by atoms with Gasteiger partial charge in [0.1, 0.15) is 0 Å². The Morgan fingerprint density at radius 1 is 1.06 bits per heavy atom. The fourth-order valence-corrected chi connectivity index (χ4v) is 6.19. The highest BCUT2D eigenvalue weighted by Crippen LogP contribution is 2.27. The zero-order chi connectivity index (χ0) is 23.3. The number of carbonyl (C=O) groups excluding carboxylic acids is 1. The quantitative estimate of drug-likeness (QED) is 0.438. The van der Waals surface area contributed by atoms with E-state index in [2.05, 4.69) is 12.2 Å². The van der Waals surface area contributed by atoms with E-state index in [4.69, 9.17) is 34.8 Å². The molecule has 1 aliphatic rings. The molecule has 2 aromatic rings. The van der Waals surface area contributed by atoms with Crippen molar-refractivity contribution in [3.8, 4) is 0 Å². The van der Waals surface area contributed by atoms with Gasteiger partial charge in [0.05, 0.1) is 25.5 Å². The van der Waals surface area contributed by atoms with E-state index in [-0.39, 0.29) is 15.5 Å². The summed E-state index contributed by atoms with van der Waals surface area (Å²) < 4.78 is 27.5. The highest BCUT2D eigenvalue weighted by molar-refractivity contribution is 7.98. The minimum Gasteiger partial charge on any atom is -0.351 e. The average Bonchev–Trinajstić information content (AvgIpc) is 2.76. The number of thioether (sulfide) groups is 1. The summed E-state index contributed by atoms with van der Waals surface area (Å²) in [5, 5.41) is 4.06. The molecule has 0 aliphatic carbocycles. The second-order valence-electron chi connectivity index (χ2n) is 7.79. The monoisotopic (exact) mass is 534 g/mol. The Balaban J connectivity index is 1.56. The molecule has 2 aromatic carbocycles. The standard InChI is InChI=1S/C22H25Cl3N2O3S2/c1-15-6-9-27(10-7-15)32(29,30)17-3-5-19(23)18(13-17)22(28)26-8-11-31-14-16-2-4-20(24)21(25)12-16/h2-5,12-13,15H,6-11,14H2,1H3,(H,26,28). The molecule has 3 rings (SSSR count). The van der Waals surface area contributed by atoms with E-state index >= 15 is 0 Å². The molecular formula is C22H25Cl3N2O3S2. The topological polar surface area (TPSA) is 66.5 Å². The van der Waals surface area contributed by atoms with Crippen molar-refractivity contribution in [2.45, 2.75) is 30.4 Å². The molecule has 0 atom stereocenters. The Morgan fingerprint density at radius 2 is 1.75 bits per heavy atom. The molecule has 0 unspecified atom stereocenters. The summed E-state index contributed by atoms with van der Waals surface area (Å²) in [7, 11) is -3.65. The minimum atomic E-state index is -3.65. The van der Waals surface area contributed by atoms with Gasteiger partial charge in [0.15, 0.2) is 0 Å². The van der Waals surface area contributed by atoms with Crippen molar-refractivity contribution in [2.24, 2.45) is 5.92 Å². The molecule has 1 N–H and O–H groups in total. The number of hydrogen-bond donors (Lipinski definition) is 1. The van der Waals surface area contributed by atoms with Gasteiger partial charge in [0.2, 0.25) is 10.0 Å².